The number of benzene rings is 2. The maximum absolute atomic E-state index is 13.1. The number of amides is 1. The SMILES string of the molecule is Cc1cc(F)ccc1NC(=O)[C@H](C)S(=O)(=O)c1ccc([N+](=O)[O-])cc1. The molecule has 0 aliphatic rings. The minimum atomic E-state index is -4.03. The second-order valence-corrected chi connectivity index (χ2v) is 7.66. The van der Waals surface area contributed by atoms with Crippen LogP contribution >= 0.6 is 0 Å². The Labute approximate surface area is 143 Å². The van der Waals surface area contributed by atoms with Gasteiger partial charge < -0.3 is 5.32 Å². The van der Waals surface area contributed by atoms with Crippen LogP contribution in [0.2, 0.25) is 0 Å². The number of nitro benzene ring substituents is 1. The molecule has 0 heterocycles. The predicted molar refractivity (Wildman–Crippen MR) is 89.5 cm³/mol. The predicted octanol–water partition coefficient (Wildman–Crippen LogP) is 2.84. The van der Waals surface area contributed by atoms with E-state index in [2.05, 4.69) is 5.32 Å². The van der Waals surface area contributed by atoms with Crippen LogP contribution in [0.4, 0.5) is 15.8 Å². The lowest BCUT2D eigenvalue weighted by Gasteiger charge is -2.14. The van der Waals surface area contributed by atoms with Gasteiger partial charge in [-0.2, -0.15) is 0 Å². The van der Waals surface area contributed by atoms with Crippen molar-refractivity contribution in [2.24, 2.45) is 0 Å². The van der Waals surface area contributed by atoms with Gasteiger partial charge in [-0.1, -0.05) is 0 Å². The third kappa shape index (κ3) is 4.00. The zero-order valence-electron chi connectivity index (χ0n) is 13.4. The highest BCUT2D eigenvalue weighted by Gasteiger charge is 2.30. The lowest BCUT2D eigenvalue weighted by Crippen LogP contribution is -2.32. The summed E-state index contributed by atoms with van der Waals surface area (Å²) in [5.41, 5.74) is 0.503. The molecule has 0 bridgehead atoms. The number of non-ortho nitro benzene ring substituents is 1. The molecule has 0 aliphatic carbocycles. The largest absolute Gasteiger partial charge is 0.325 e. The summed E-state index contributed by atoms with van der Waals surface area (Å²) in [5.74, 6) is -1.25. The van der Waals surface area contributed by atoms with Crippen LogP contribution in [0.3, 0.4) is 0 Å². The Morgan fingerprint density at radius 2 is 1.80 bits per heavy atom. The Balaban J connectivity index is 2.23. The molecule has 0 spiro atoms. The lowest BCUT2D eigenvalue weighted by atomic mass is 10.2. The van der Waals surface area contributed by atoms with Gasteiger partial charge in [-0.3, -0.25) is 14.9 Å². The Kier molecular flexibility index (Phi) is 5.17. The molecule has 9 heteroatoms. The van der Waals surface area contributed by atoms with Gasteiger partial charge in [0.15, 0.2) is 9.84 Å². The number of carbonyl (C=O) groups excluding carboxylic acids is 1. The average Bonchev–Trinajstić information content (AvgIpc) is 2.56. The normalized spacial score (nSPS) is 12.4. The van der Waals surface area contributed by atoms with Gasteiger partial charge in [-0.25, -0.2) is 12.8 Å². The maximum Gasteiger partial charge on any atom is 0.269 e. The number of halogens is 1. The molecule has 0 fully saturated rings. The molecule has 0 aromatic heterocycles. The summed E-state index contributed by atoms with van der Waals surface area (Å²) < 4.78 is 38.1. The number of sulfone groups is 1. The standard InChI is InChI=1S/C16H15FN2O5S/c1-10-9-12(17)3-8-15(10)18-16(20)11(2)25(23,24)14-6-4-13(5-7-14)19(21)22/h3-9,11H,1-2H3,(H,18,20)/t11-/m0/s1. The van der Waals surface area contributed by atoms with Crippen LogP contribution in [0.15, 0.2) is 47.4 Å². The van der Waals surface area contributed by atoms with E-state index in [1.165, 1.54) is 19.1 Å². The molecule has 2 aromatic rings. The van der Waals surface area contributed by atoms with Crippen LogP contribution < -0.4 is 5.32 Å². The summed E-state index contributed by atoms with van der Waals surface area (Å²) >= 11 is 0. The Bertz CT molecular complexity index is 926. The van der Waals surface area contributed by atoms with Gasteiger partial charge in [-0.15, -0.1) is 0 Å². The monoisotopic (exact) mass is 366 g/mol. The molecule has 0 saturated heterocycles. The Morgan fingerprint density at radius 3 is 2.32 bits per heavy atom. The highest BCUT2D eigenvalue weighted by molar-refractivity contribution is 7.92. The fourth-order valence-corrected chi connectivity index (χ4v) is 3.37. The van der Waals surface area contributed by atoms with Crippen molar-refractivity contribution in [3.8, 4) is 0 Å². The molecule has 132 valence electrons. The highest BCUT2D eigenvalue weighted by Crippen LogP contribution is 2.22. The van der Waals surface area contributed by atoms with Crippen molar-refractivity contribution in [1.29, 1.82) is 0 Å². The summed E-state index contributed by atoms with van der Waals surface area (Å²) in [6, 6.07) is 7.99. The van der Waals surface area contributed by atoms with Crippen LogP contribution in [0.5, 0.6) is 0 Å². The minimum Gasteiger partial charge on any atom is -0.325 e. The van der Waals surface area contributed by atoms with E-state index in [1.54, 1.807) is 6.92 Å². The first-order valence-electron chi connectivity index (χ1n) is 7.18. The molecule has 0 aliphatic heterocycles. The van der Waals surface area contributed by atoms with Gasteiger partial charge in [0, 0.05) is 17.8 Å². The average molecular weight is 366 g/mol. The third-order valence-electron chi connectivity index (χ3n) is 3.66. The van der Waals surface area contributed by atoms with Gasteiger partial charge in [0.05, 0.1) is 9.82 Å². The van der Waals surface area contributed by atoms with Gasteiger partial charge in [0.25, 0.3) is 5.69 Å². The van der Waals surface area contributed by atoms with Gasteiger partial charge >= 0.3 is 0 Å². The number of carbonyl (C=O) groups is 1. The first kappa shape index (κ1) is 18.5. The summed E-state index contributed by atoms with van der Waals surface area (Å²) in [6.45, 7) is 2.79. The van der Waals surface area contributed by atoms with Crippen molar-refractivity contribution >= 4 is 27.1 Å². The molecule has 2 rings (SSSR count). The maximum atomic E-state index is 13.1. The van der Waals surface area contributed by atoms with Crippen molar-refractivity contribution in [1.82, 2.24) is 0 Å². The Hall–Kier alpha value is -2.81. The molecule has 25 heavy (non-hydrogen) atoms. The third-order valence-corrected chi connectivity index (χ3v) is 5.73. The minimum absolute atomic E-state index is 0.198. The number of anilines is 1. The van der Waals surface area contributed by atoms with Crippen LogP contribution in [-0.2, 0) is 14.6 Å². The first-order valence-corrected chi connectivity index (χ1v) is 8.73. The molecular formula is C16H15FN2O5S. The van der Waals surface area contributed by atoms with E-state index < -0.39 is 31.7 Å². The highest BCUT2D eigenvalue weighted by atomic mass is 32.2. The van der Waals surface area contributed by atoms with Crippen molar-refractivity contribution in [2.45, 2.75) is 24.0 Å². The van der Waals surface area contributed by atoms with E-state index >= 15 is 0 Å². The first-order chi connectivity index (χ1) is 11.6. The zero-order chi connectivity index (χ0) is 18.8. The molecule has 1 atom stereocenters. The van der Waals surface area contributed by atoms with Crippen molar-refractivity contribution in [3.05, 3.63) is 64.0 Å². The van der Waals surface area contributed by atoms with Crippen LogP contribution in [0.25, 0.3) is 0 Å². The van der Waals surface area contributed by atoms with E-state index in [4.69, 9.17) is 0 Å². The summed E-state index contributed by atoms with van der Waals surface area (Å²) in [4.78, 5) is 22.0. The van der Waals surface area contributed by atoms with Crippen molar-refractivity contribution in [3.63, 3.8) is 0 Å². The molecule has 0 saturated carbocycles. The summed E-state index contributed by atoms with van der Waals surface area (Å²) in [5, 5.41) is 11.6. The fraction of sp³-hybridized carbons (Fsp3) is 0.188. The number of nitrogens with one attached hydrogen (secondary N) is 1. The van der Waals surface area contributed by atoms with E-state index in [0.29, 0.717) is 11.3 Å². The van der Waals surface area contributed by atoms with E-state index in [0.717, 1.165) is 30.3 Å². The van der Waals surface area contributed by atoms with Crippen molar-refractivity contribution < 1.29 is 22.5 Å². The lowest BCUT2D eigenvalue weighted by molar-refractivity contribution is -0.384. The van der Waals surface area contributed by atoms with Crippen LogP contribution in [0, 0.1) is 22.9 Å². The number of rotatable bonds is 5. The number of hydrogen-bond acceptors (Lipinski definition) is 5. The van der Waals surface area contributed by atoms with E-state index in [-0.39, 0.29) is 10.6 Å². The molecule has 0 radical (unpaired) electrons. The van der Waals surface area contributed by atoms with Gasteiger partial charge in [0.1, 0.15) is 11.1 Å². The molecule has 0 unspecified atom stereocenters. The Morgan fingerprint density at radius 1 is 1.20 bits per heavy atom. The molecular weight excluding hydrogens is 351 g/mol. The number of hydrogen-bond donors (Lipinski definition) is 1. The fourth-order valence-electron chi connectivity index (χ4n) is 2.10. The van der Waals surface area contributed by atoms with Crippen LogP contribution in [0.1, 0.15) is 12.5 Å². The summed E-state index contributed by atoms with van der Waals surface area (Å²) in [7, 11) is -4.03. The second kappa shape index (κ2) is 6.98. The van der Waals surface area contributed by atoms with E-state index in [9.17, 15) is 27.7 Å². The van der Waals surface area contributed by atoms with Gasteiger partial charge in [-0.05, 0) is 49.7 Å². The topological polar surface area (TPSA) is 106 Å². The van der Waals surface area contributed by atoms with Crippen LogP contribution in [-0.4, -0.2) is 24.5 Å². The zero-order valence-corrected chi connectivity index (χ0v) is 14.2. The quantitative estimate of drug-likeness (QED) is 0.647. The molecule has 1 amide bonds. The van der Waals surface area contributed by atoms with Gasteiger partial charge in [0.2, 0.25) is 5.91 Å². The number of aryl methyl sites for hydroxylation is 1. The van der Waals surface area contributed by atoms with Crippen molar-refractivity contribution in [2.75, 3.05) is 5.32 Å². The van der Waals surface area contributed by atoms with E-state index in [1.807, 2.05) is 0 Å². The summed E-state index contributed by atoms with van der Waals surface area (Å²) in [6.07, 6.45) is 0. The molecule has 7 nitrogen and oxygen atoms in total. The smallest absolute Gasteiger partial charge is 0.269 e. The number of nitro groups is 1. The molecule has 2 aromatic carbocycles. The molecule has 1 N–H and O–H groups in total. The second-order valence-electron chi connectivity index (χ2n) is 5.39. The number of nitrogens with zero attached hydrogens (tertiary/aromatic N) is 1.